The lowest BCUT2D eigenvalue weighted by Crippen LogP contribution is -2.23. The molecule has 4 rings (SSSR count). The van der Waals surface area contributed by atoms with E-state index in [1.807, 2.05) is 38.2 Å². The van der Waals surface area contributed by atoms with Gasteiger partial charge in [0.2, 0.25) is 5.88 Å². The number of hydrogen-bond acceptors (Lipinski definition) is 6. The molecule has 2 aromatic carbocycles. The lowest BCUT2D eigenvalue weighted by atomic mass is 10.1. The Hall–Kier alpha value is -3.59. The number of ether oxygens (including phenoxy) is 2. The molecule has 160 valence electrons. The van der Waals surface area contributed by atoms with Crippen LogP contribution in [0.25, 0.3) is 16.9 Å². The maximum Gasteiger partial charge on any atom is 0.368 e. The molecular weight excluding hydrogens is 420 g/mol. The molecule has 0 fully saturated rings. The molecule has 0 aliphatic carbocycles. The van der Waals surface area contributed by atoms with E-state index in [0.717, 1.165) is 21.5 Å². The molecule has 0 radical (unpaired) electrons. The number of rotatable bonds is 6. The highest BCUT2D eigenvalue weighted by Crippen LogP contribution is 2.32. The summed E-state index contributed by atoms with van der Waals surface area (Å²) in [7, 11) is 4.92. The molecule has 0 unspecified atom stereocenters. The Balaban J connectivity index is 1.70. The monoisotopic (exact) mass is 440 g/mol. The van der Waals surface area contributed by atoms with Crippen LogP contribution < -0.4 is 15.2 Å². The van der Waals surface area contributed by atoms with Crippen molar-refractivity contribution in [1.82, 2.24) is 29.6 Å². The normalized spacial score (nSPS) is 11.0. The standard InChI is InChI=1S/C21H21ClN6O3/c1-13-19(14-8-10-15(22)11-9-14)23-26(2)20(13)31-12-16-17(6-5-7-18(16)30-4)28-21(29)27(3)24-25-28/h5-11H,12H2,1-4H3. The van der Waals surface area contributed by atoms with Gasteiger partial charge in [-0.1, -0.05) is 29.8 Å². The number of aromatic nitrogens is 6. The first-order valence-corrected chi connectivity index (χ1v) is 9.86. The molecule has 0 atom stereocenters. The Morgan fingerprint density at radius 2 is 1.77 bits per heavy atom. The molecule has 0 aliphatic rings. The van der Waals surface area contributed by atoms with Crippen molar-refractivity contribution in [2.24, 2.45) is 14.1 Å². The Kier molecular flexibility index (Phi) is 5.51. The predicted octanol–water partition coefficient (Wildman–Crippen LogP) is 2.92. The molecule has 10 heteroatoms. The van der Waals surface area contributed by atoms with E-state index in [1.165, 1.54) is 4.68 Å². The molecule has 9 nitrogen and oxygen atoms in total. The average molecular weight is 441 g/mol. The number of benzene rings is 2. The molecule has 31 heavy (non-hydrogen) atoms. The Bertz CT molecular complexity index is 1290. The van der Waals surface area contributed by atoms with Gasteiger partial charge < -0.3 is 9.47 Å². The highest BCUT2D eigenvalue weighted by atomic mass is 35.5. The minimum absolute atomic E-state index is 0.142. The van der Waals surface area contributed by atoms with Crippen molar-refractivity contribution >= 4 is 11.6 Å². The zero-order valence-electron chi connectivity index (χ0n) is 17.5. The fourth-order valence-corrected chi connectivity index (χ4v) is 3.52. The number of tetrazole rings is 1. The average Bonchev–Trinajstić information content (AvgIpc) is 3.25. The SMILES string of the molecule is COc1cccc(-n2nnn(C)c2=O)c1COc1c(C)c(-c2ccc(Cl)cc2)nn1C. The van der Waals surface area contributed by atoms with Gasteiger partial charge in [0.05, 0.1) is 24.1 Å². The van der Waals surface area contributed by atoms with Gasteiger partial charge in [-0.2, -0.15) is 14.5 Å². The third-order valence-electron chi connectivity index (χ3n) is 4.97. The second-order valence-corrected chi connectivity index (χ2v) is 7.39. The van der Waals surface area contributed by atoms with Crippen molar-refractivity contribution in [1.29, 1.82) is 0 Å². The summed E-state index contributed by atoms with van der Waals surface area (Å²) in [5.41, 5.74) is 3.47. The van der Waals surface area contributed by atoms with E-state index in [4.69, 9.17) is 21.1 Å². The Labute approximate surface area is 183 Å². The molecule has 2 heterocycles. The lowest BCUT2D eigenvalue weighted by Gasteiger charge is -2.14. The van der Waals surface area contributed by atoms with Crippen molar-refractivity contribution in [2.45, 2.75) is 13.5 Å². The van der Waals surface area contributed by atoms with E-state index in [0.29, 0.717) is 27.9 Å². The van der Waals surface area contributed by atoms with Gasteiger partial charge in [-0.3, -0.25) is 0 Å². The van der Waals surface area contributed by atoms with Gasteiger partial charge in [-0.05, 0) is 41.6 Å². The largest absolute Gasteiger partial charge is 0.496 e. The summed E-state index contributed by atoms with van der Waals surface area (Å²) < 4.78 is 15.7. The smallest absolute Gasteiger partial charge is 0.368 e. The number of nitrogens with zero attached hydrogens (tertiary/aromatic N) is 6. The van der Waals surface area contributed by atoms with Crippen LogP contribution in [-0.4, -0.2) is 36.7 Å². The van der Waals surface area contributed by atoms with E-state index in [-0.39, 0.29) is 12.3 Å². The van der Waals surface area contributed by atoms with Gasteiger partial charge in [0, 0.05) is 30.2 Å². The van der Waals surface area contributed by atoms with Crippen LogP contribution in [0.5, 0.6) is 11.6 Å². The summed E-state index contributed by atoms with van der Waals surface area (Å²) in [6.45, 7) is 2.09. The maximum absolute atomic E-state index is 12.4. The summed E-state index contributed by atoms with van der Waals surface area (Å²) >= 11 is 6.00. The third kappa shape index (κ3) is 3.79. The Morgan fingerprint density at radius 1 is 1.03 bits per heavy atom. The second-order valence-electron chi connectivity index (χ2n) is 6.95. The van der Waals surface area contributed by atoms with Crippen molar-refractivity contribution in [3.8, 4) is 28.6 Å². The van der Waals surface area contributed by atoms with Gasteiger partial charge in [-0.15, -0.1) is 0 Å². The van der Waals surface area contributed by atoms with Crippen molar-refractivity contribution in [3.63, 3.8) is 0 Å². The second kappa shape index (κ2) is 8.27. The van der Waals surface area contributed by atoms with Crippen LogP contribution in [0.2, 0.25) is 5.02 Å². The molecule has 0 bridgehead atoms. The number of halogens is 1. The van der Waals surface area contributed by atoms with Gasteiger partial charge >= 0.3 is 5.69 Å². The van der Waals surface area contributed by atoms with Crippen LogP contribution in [0.1, 0.15) is 11.1 Å². The molecule has 0 spiro atoms. The fourth-order valence-electron chi connectivity index (χ4n) is 3.39. The van der Waals surface area contributed by atoms with Crippen LogP contribution in [0.4, 0.5) is 0 Å². The van der Waals surface area contributed by atoms with E-state index in [2.05, 4.69) is 15.5 Å². The molecule has 0 N–H and O–H groups in total. The van der Waals surface area contributed by atoms with Gasteiger partial charge in [0.15, 0.2) is 0 Å². The van der Waals surface area contributed by atoms with Crippen LogP contribution in [0.15, 0.2) is 47.3 Å². The summed E-state index contributed by atoms with van der Waals surface area (Å²) in [4.78, 5) is 12.4. The summed E-state index contributed by atoms with van der Waals surface area (Å²) in [5.74, 6) is 1.18. The van der Waals surface area contributed by atoms with E-state index in [1.54, 1.807) is 37.0 Å². The highest BCUT2D eigenvalue weighted by molar-refractivity contribution is 6.30. The van der Waals surface area contributed by atoms with E-state index >= 15 is 0 Å². The van der Waals surface area contributed by atoms with Crippen LogP contribution in [-0.2, 0) is 20.7 Å². The van der Waals surface area contributed by atoms with Crippen molar-refractivity contribution in [3.05, 3.63) is 69.1 Å². The molecule has 0 saturated heterocycles. The highest BCUT2D eigenvalue weighted by Gasteiger charge is 2.19. The van der Waals surface area contributed by atoms with Crippen molar-refractivity contribution < 1.29 is 9.47 Å². The van der Waals surface area contributed by atoms with Crippen molar-refractivity contribution in [2.75, 3.05) is 7.11 Å². The van der Waals surface area contributed by atoms with E-state index < -0.39 is 0 Å². The first kappa shape index (κ1) is 20.7. The van der Waals surface area contributed by atoms with Crippen LogP contribution in [0, 0.1) is 6.92 Å². The zero-order valence-corrected chi connectivity index (χ0v) is 18.3. The topological polar surface area (TPSA) is 89.0 Å². The third-order valence-corrected chi connectivity index (χ3v) is 5.22. The number of aryl methyl sites for hydroxylation is 2. The fraction of sp³-hybridized carbons (Fsp3) is 0.238. The summed E-state index contributed by atoms with van der Waals surface area (Å²) in [6, 6.07) is 12.8. The minimum atomic E-state index is -0.365. The predicted molar refractivity (Wildman–Crippen MR) is 116 cm³/mol. The molecule has 0 amide bonds. The quantitative estimate of drug-likeness (QED) is 0.458. The van der Waals surface area contributed by atoms with Gasteiger partial charge in [-0.25, -0.2) is 9.48 Å². The summed E-state index contributed by atoms with van der Waals surface area (Å²) in [5, 5.41) is 13.0. The van der Waals surface area contributed by atoms with Crippen LogP contribution >= 0.6 is 11.6 Å². The first-order chi connectivity index (χ1) is 14.9. The molecule has 4 aromatic rings. The molecule has 0 saturated carbocycles. The summed E-state index contributed by atoms with van der Waals surface area (Å²) in [6.07, 6.45) is 0. The van der Waals surface area contributed by atoms with Gasteiger partial charge in [0.25, 0.3) is 0 Å². The maximum atomic E-state index is 12.4. The molecular formula is C21H21ClN6O3. The van der Waals surface area contributed by atoms with E-state index in [9.17, 15) is 4.79 Å². The number of methoxy groups -OCH3 is 1. The van der Waals surface area contributed by atoms with Crippen LogP contribution in [0.3, 0.4) is 0 Å². The zero-order chi connectivity index (χ0) is 22.1. The first-order valence-electron chi connectivity index (χ1n) is 9.48. The molecule has 0 aliphatic heterocycles. The lowest BCUT2D eigenvalue weighted by molar-refractivity contribution is 0.269. The van der Waals surface area contributed by atoms with Gasteiger partial charge in [0.1, 0.15) is 12.4 Å². The number of hydrogen-bond donors (Lipinski definition) is 0. The molecule has 2 aromatic heterocycles. The Morgan fingerprint density at radius 3 is 2.42 bits per heavy atom. The minimum Gasteiger partial charge on any atom is -0.496 e.